The Bertz CT molecular complexity index is 751. The molecule has 1 heterocycles. The molecular formula is C14H8FN3. The number of fused-ring (bicyclic) bond motifs is 1. The van der Waals surface area contributed by atoms with Gasteiger partial charge in [-0.3, -0.25) is 0 Å². The third-order valence-corrected chi connectivity index (χ3v) is 2.77. The second kappa shape index (κ2) is 3.97. The SMILES string of the molecule is N#Cc1ccc2c(cnn2-c2ccc(F)cc2)c1. The van der Waals surface area contributed by atoms with Gasteiger partial charge in [-0.1, -0.05) is 0 Å². The molecule has 2 aromatic carbocycles. The van der Waals surface area contributed by atoms with Gasteiger partial charge in [0, 0.05) is 5.39 Å². The minimum Gasteiger partial charge on any atom is -0.233 e. The number of halogens is 1. The fourth-order valence-electron chi connectivity index (χ4n) is 1.89. The molecule has 0 aliphatic carbocycles. The molecule has 0 fully saturated rings. The molecule has 0 radical (unpaired) electrons. The summed E-state index contributed by atoms with van der Waals surface area (Å²) in [6.07, 6.45) is 1.69. The molecule has 4 heteroatoms. The standard InChI is InChI=1S/C14H8FN3/c15-12-2-4-13(5-3-12)18-14-6-1-10(8-16)7-11(14)9-17-18/h1-7,9H. The molecule has 3 rings (SSSR count). The van der Waals surface area contributed by atoms with Crippen LogP contribution in [0.5, 0.6) is 0 Å². The zero-order valence-corrected chi connectivity index (χ0v) is 9.34. The van der Waals surface area contributed by atoms with Gasteiger partial charge in [-0.05, 0) is 42.5 Å². The summed E-state index contributed by atoms with van der Waals surface area (Å²) in [7, 11) is 0. The Morgan fingerprint density at radius 2 is 1.89 bits per heavy atom. The Hall–Kier alpha value is -2.67. The predicted octanol–water partition coefficient (Wildman–Crippen LogP) is 3.04. The molecule has 0 spiro atoms. The van der Waals surface area contributed by atoms with Crippen LogP contribution in [0.4, 0.5) is 4.39 Å². The van der Waals surface area contributed by atoms with Gasteiger partial charge in [0.25, 0.3) is 0 Å². The molecule has 0 saturated carbocycles. The summed E-state index contributed by atoms with van der Waals surface area (Å²) in [5.74, 6) is -0.276. The fraction of sp³-hybridized carbons (Fsp3) is 0. The van der Waals surface area contributed by atoms with Gasteiger partial charge in [-0.25, -0.2) is 9.07 Å². The molecule has 3 aromatic rings. The quantitative estimate of drug-likeness (QED) is 0.652. The van der Waals surface area contributed by atoms with Gasteiger partial charge >= 0.3 is 0 Å². The summed E-state index contributed by atoms with van der Waals surface area (Å²) >= 11 is 0. The molecule has 0 unspecified atom stereocenters. The maximum absolute atomic E-state index is 12.9. The predicted molar refractivity (Wildman–Crippen MR) is 65.7 cm³/mol. The molecule has 0 atom stereocenters. The summed E-state index contributed by atoms with van der Waals surface area (Å²) in [6, 6.07) is 13.6. The Morgan fingerprint density at radius 1 is 1.11 bits per heavy atom. The molecule has 3 nitrogen and oxygen atoms in total. The lowest BCUT2D eigenvalue weighted by Gasteiger charge is -2.03. The number of benzene rings is 2. The van der Waals surface area contributed by atoms with Crippen LogP contribution in [-0.4, -0.2) is 9.78 Å². The van der Waals surface area contributed by atoms with E-state index in [9.17, 15) is 4.39 Å². The van der Waals surface area contributed by atoms with Crippen molar-refractivity contribution in [1.29, 1.82) is 5.26 Å². The smallest absolute Gasteiger partial charge is 0.123 e. The van der Waals surface area contributed by atoms with Crippen LogP contribution in [0.15, 0.2) is 48.7 Å². The summed E-state index contributed by atoms with van der Waals surface area (Å²) in [5.41, 5.74) is 2.28. The van der Waals surface area contributed by atoms with Gasteiger partial charge in [-0.15, -0.1) is 0 Å². The normalized spacial score (nSPS) is 10.4. The molecular weight excluding hydrogens is 229 g/mol. The maximum Gasteiger partial charge on any atom is 0.123 e. The van der Waals surface area contributed by atoms with Crippen molar-refractivity contribution in [3.05, 3.63) is 60.0 Å². The van der Waals surface area contributed by atoms with Crippen molar-refractivity contribution in [3.8, 4) is 11.8 Å². The van der Waals surface area contributed by atoms with Crippen molar-refractivity contribution in [2.24, 2.45) is 0 Å². The second-order valence-electron chi connectivity index (χ2n) is 3.92. The average molecular weight is 237 g/mol. The van der Waals surface area contributed by atoms with Gasteiger partial charge in [0.1, 0.15) is 5.82 Å². The molecule has 0 aliphatic heterocycles. The third kappa shape index (κ3) is 1.62. The van der Waals surface area contributed by atoms with Gasteiger partial charge in [0.05, 0.1) is 29.0 Å². The van der Waals surface area contributed by atoms with Crippen LogP contribution in [-0.2, 0) is 0 Å². The van der Waals surface area contributed by atoms with E-state index in [4.69, 9.17) is 5.26 Å². The zero-order chi connectivity index (χ0) is 12.5. The highest BCUT2D eigenvalue weighted by Crippen LogP contribution is 2.19. The van der Waals surface area contributed by atoms with Crippen molar-refractivity contribution in [2.45, 2.75) is 0 Å². The maximum atomic E-state index is 12.9. The van der Waals surface area contributed by atoms with Crippen LogP contribution in [0, 0.1) is 17.1 Å². The Balaban J connectivity index is 2.19. The van der Waals surface area contributed by atoms with Crippen LogP contribution < -0.4 is 0 Å². The van der Waals surface area contributed by atoms with Gasteiger partial charge < -0.3 is 0 Å². The number of aromatic nitrogens is 2. The van der Waals surface area contributed by atoms with Crippen molar-refractivity contribution >= 4 is 10.9 Å². The number of nitrogens with zero attached hydrogens (tertiary/aromatic N) is 3. The zero-order valence-electron chi connectivity index (χ0n) is 9.34. The number of hydrogen-bond acceptors (Lipinski definition) is 2. The van der Waals surface area contributed by atoms with Crippen LogP contribution in [0.1, 0.15) is 5.56 Å². The first kappa shape index (κ1) is 10.5. The molecule has 0 N–H and O–H groups in total. The van der Waals surface area contributed by atoms with E-state index < -0.39 is 0 Å². The van der Waals surface area contributed by atoms with Crippen molar-refractivity contribution < 1.29 is 4.39 Å². The summed E-state index contributed by atoms with van der Waals surface area (Å²) in [6.45, 7) is 0. The largest absolute Gasteiger partial charge is 0.233 e. The van der Waals surface area contributed by atoms with E-state index in [0.717, 1.165) is 16.6 Å². The highest BCUT2D eigenvalue weighted by molar-refractivity contribution is 5.81. The lowest BCUT2D eigenvalue weighted by atomic mass is 10.2. The van der Waals surface area contributed by atoms with Gasteiger partial charge in [0.2, 0.25) is 0 Å². The molecule has 0 amide bonds. The van der Waals surface area contributed by atoms with Crippen LogP contribution in [0.25, 0.3) is 16.6 Å². The van der Waals surface area contributed by atoms with Gasteiger partial charge in [0.15, 0.2) is 0 Å². The lowest BCUT2D eigenvalue weighted by molar-refractivity contribution is 0.627. The Labute approximate surface area is 103 Å². The average Bonchev–Trinajstić information content (AvgIpc) is 2.82. The van der Waals surface area contributed by atoms with E-state index in [2.05, 4.69) is 11.2 Å². The minimum absolute atomic E-state index is 0.276. The molecule has 86 valence electrons. The summed E-state index contributed by atoms with van der Waals surface area (Å²) in [5, 5.41) is 14.0. The van der Waals surface area contributed by atoms with Crippen LogP contribution in [0.2, 0.25) is 0 Å². The van der Waals surface area contributed by atoms with E-state index in [1.165, 1.54) is 12.1 Å². The highest BCUT2D eigenvalue weighted by atomic mass is 19.1. The first-order chi connectivity index (χ1) is 8.78. The number of hydrogen-bond donors (Lipinski definition) is 0. The monoisotopic (exact) mass is 237 g/mol. The summed E-state index contributed by atoms with van der Waals surface area (Å²) < 4.78 is 14.6. The van der Waals surface area contributed by atoms with E-state index in [1.54, 1.807) is 35.1 Å². The topological polar surface area (TPSA) is 41.6 Å². The highest BCUT2D eigenvalue weighted by Gasteiger charge is 2.05. The van der Waals surface area contributed by atoms with Crippen LogP contribution >= 0.6 is 0 Å². The Kier molecular flexibility index (Phi) is 2.31. The lowest BCUT2D eigenvalue weighted by Crippen LogP contribution is -1.95. The van der Waals surface area contributed by atoms with Crippen molar-refractivity contribution in [2.75, 3.05) is 0 Å². The molecule has 18 heavy (non-hydrogen) atoms. The fourth-order valence-corrected chi connectivity index (χ4v) is 1.89. The number of rotatable bonds is 1. The molecule has 0 aliphatic rings. The van der Waals surface area contributed by atoms with E-state index >= 15 is 0 Å². The van der Waals surface area contributed by atoms with Gasteiger partial charge in [-0.2, -0.15) is 10.4 Å². The summed E-state index contributed by atoms with van der Waals surface area (Å²) in [4.78, 5) is 0. The van der Waals surface area contributed by atoms with Crippen molar-refractivity contribution in [1.82, 2.24) is 9.78 Å². The molecule has 1 aromatic heterocycles. The first-order valence-corrected chi connectivity index (χ1v) is 5.42. The minimum atomic E-state index is -0.276. The third-order valence-electron chi connectivity index (χ3n) is 2.77. The van der Waals surface area contributed by atoms with E-state index in [-0.39, 0.29) is 5.82 Å². The Morgan fingerprint density at radius 3 is 2.61 bits per heavy atom. The number of nitriles is 1. The molecule has 0 saturated heterocycles. The van der Waals surface area contributed by atoms with Crippen LogP contribution in [0.3, 0.4) is 0 Å². The van der Waals surface area contributed by atoms with Crippen molar-refractivity contribution in [3.63, 3.8) is 0 Å². The first-order valence-electron chi connectivity index (χ1n) is 5.42. The van der Waals surface area contributed by atoms with E-state index in [0.29, 0.717) is 5.56 Å². The molecule has 0 bridgehead atoms. The van der Waals surface area contributed by atoms with E-state index in [1.807, 2.05) is 6.07 Å². The second-order valence-corrected chi connectivity index (χ2v) is 3.92.